The number of likely N-dealkylation sites (tertiary alicyclic amines) is 1. The minimum Gasteiger partial charge on any atom is -0.334 e. The number of fused-ring (bicyclic) bond motifs is 1. The summed E-state index contributed by atoms with van der Waals surface area (Å²) in [5, 5.41) is 5.90. The Morgan fingerprint density at radius 1 is 1.00 bits per heavy atom. The summed E-state index contributed by atoms with van der Waals surface area (Å²) in [4.78, 5) is 68.9. The van der Waals surface area contributed by atoms with Crippen molar-refractivity contribution in [3.63, 3.8) is 0 Å². The summed E-state index contributed by atoms with van der Waals surface area (Å²) in [5.41, 5.74) is -0.548. The van der Waals surface area contributed by atoms with Gasteiger partial charge < -0.3 is 15.5 Å². The number of nitrogens with one attached hydrogen (secondary N) is 2. The van der Waals surface area contributed by atoms with Gasteiger partial charge in [-0.3, -0.25) is 19.2 Å². The van der Waals surface area contributed by atoms with Crippen LogP contribution in [0.15, 0.2) is 25.3 Å². The predicted octanol–water partition coefficient (Wildman–Crippen LogP) is 5.55. The molecule has 0 aromatic rings. The number of carbonyl (C=O) groups is 5. The number of Topliss-reactive ketones (excluding diaryl/α,β-unsaturated/α-hetero) is 3. The highest BCUT2D eigenvalue weighted by molar-refractivity contribution is 6.38. The van der Waals surface area contributed by atoms with E-state index in [4.69, 9.17) is 0 Å². The highest BCUT2D eigenvalue weighted by atomic mass is 16.2. The number of nitrogens with zero attached hydrogens (tertiary/aromatic N) is 1. The van der Waals surface area contributed by atoms with Crippen LogP contribution in [0.2, 0.25) is 0 Å². The zero-order valence-electron chi connectivity index (χ0n) is 26.5. The van der Waals surface area contributed by atoms with Crippen molar-refractivity contribution in [2.45, 2.75) is 123 Å². The molecule has 234 valence electrons. The van der Waals surface area contributed by atoms with Crippen LogP contribution in [0, 0.1) is 29.1 Å². The molecule has 1 heterocycles. The number of ketones is 3. The average Bonchev–Trinajstić information content (AvgIpc) is 3.24. The first kappa shape index (κ1) is 33.7. The van der Waals surface area contributed by atoms with Crippen LogP contribution >= 0.6 is 0 Å². The fourth-order valence-corrected chi connectivity index (χ4v) is 7.19. The predicted molar refractivity (Wildman–Crippen MR) is 165 cm³/mol. The van der Waals surface area contributed by atoms with Crippen molar-refractivity contribution in [2.75, 3.05) is 6.54 Å². The van der Waals surface area contributed by atoms with Gasteiger partial charge in [0.2, 0.25) is 11.7 Å². The lowest BCUT2D eigenvalue weighted by molar-refractivity contribution is -0.144. The van der Waals surface area contributed by atoms with Gasteiger partial charge in [0.25, 0.3) is 0 Å². The zero-order chi connectivity index (χ0) is 31.2. The summed E-state index contributed by atoms with van der Waals surface area (Å²) >= 11 is 0. The van der Waals surface area contributed by atoms with E-state index in [1.165, 1.54) is 0 Å². The van der Waals surface area contributed by atoms with Crippen molar-refractivity contribution in [2.24, 2.45) is 29.1 Å². The quantitative estimate of drug-likeness (QED) is 0.149. The number of allylic oxidation sites excluding steroid dienone is 2. The summed E-state index contributed by atoms with van der Waals surface area (Å²) < 4.78 is 0. The van der Waals surface area contributed by atoms with Gasteiger partial charge in [0.05, 0.1) is 6.04 Å². The van der Waals surface area contributed by atoms with Gasteiger partial charge in [-0.15, -0.1) is 13.2 Å². The highest BCUT2D eigenvalue weighted by Gasteiger charge is 2.69. The fourth-order valence-electron chi connectivity index (χ4n) is 7.19. The van der Waals surface area contributed by atoms with Gasteiger partial charge in [0, 0.05) is 30.8 Å². The minimum atomic E-state index is -0.727. The molecule has 1 unspecified atom stereocenters. The normalized spacial score (nSPS) is 24.6. The number of hydrogen-bond donors (Lipinski definition) is 2. The van der Waals surface area contributed by atoms with Crippen LogP contribution in [0.25, 0.3) is 0 Å². The van der Waals surface area contributed by atoms with Crippen molar-refractivity contribution in [1.82, 2.24) is 15.5 Å². The summed E-state index contributed by atoms with van der Waals surface area (Å²) in [6.07, 6.45) is 10.4. The third kappa shape index (κ3) is 8.19. The molecule has 0 bridgehead atoms. The van der Waals surface area contributed by atoms with E-state index in [9.17, 15) is 24.0 Å². The van der Waals surface area contributed by atoms with E-state index in [0.29, 0.717) is 32.2 Å². The van der Waals surface area contributed by atoms with Crippen molar-refractivity contribution < 1.29 is 24.0 Å². The Bertz CT molecular complexity index is 1050. The van der Waals surface area contributed by atoms with E-state index in [1.54, 1.807) is 17.1 Å². The molecule has 0 spiro atoms. The molecule has 8 heteroatoms. The SMILES string of the molecule is C=CCCCC(=O)C(=O)C(CCC=C)CC(=O)[C@@H]1[C@@H]2[C@H](CN1C(=O)[C@@H](NC(=O)NC(C)(C)C)C1CCCCC1)C2(C)C. The Balaban J connectivity index is 1.83. The summed E-state index contributed by atoms with van der Waals surface area (Å²) in [5.74, 6) is -1.85. The van der Waals surface area contributed by atoms with Crippen LogP contribution in [0.5, 0.6) is 0 Å². The Kier molecular flexibility index (Phi) is 11.4. The largest absolute Gasteiger partial charge is 0.334 e. The molecule has 2 saturated carbocycles. The van der Waals surface area contributed by atoms with E-state index >= 15 is 0 Å². The second-order valence-corrected chi connectivity index (χ2v) is 14.3. The lowest BCUT2D eigenvalue weighted by atomic mass is 9.82. The average molecular weight is 584 g/mol. The minimum absolute atomic E-state index is 0.00260. The number of rotatable bonds is 15. The third-order valence-corrected chi connectivity index (χ3v) is 9.61. The van der Waals surface area contributed by atoms with E-state index in [1.807, 2.05) is 20.8 Å². The number of piperidine rings is 1. The monoisotopic (exact) mass is 583 g/mol. The van der Waals surface area contributed by atoms with Crippen molar-refractivity contribution >= 4 is 29.3 Å². The van der Waals surface area contributed by atoms with E-state index in [-0.39, 0.29) is 53.7 Å². The van der Waals surface area contributed by atoms with Gasteiger partial charge in [0.1, 0.15) is 6.04 Å². The maximum absolute atomic E-state index is 14.3. The van der Waals surface area contributed by atoms with Crippen LogP contribution in [-0.4, -0.2) is 58.4 Å². The number of carbonyl (C=O) groups excluding carboxylic acids is 5. The molecule has 0 aromatic heterocycles. The lowest BCUT2D eigenvalue weighted by Crippen LogP contribution is -2.59. The topological polar surface area (TPSA) is 113 Å². The Hall–Kier alpha value is -2.77. The molecule has 3 amide bonds. The first-order chi connectivity index (χ1) is 19.7. The zero-order valence-corrected chi connectivity index (χ0v) is 26.5. The number of urea groups is 1. The Morgan fingerprint density at radius 3 is 2.24 bits per heavy atom. The lowest BCUT2D eigenvalue weighted by Gasteiger charge is -2.37. The molecule has 5 atom stereocenters. The molecule has 1 saturated heterocycles. The van der Waals surface area contributed by atoms with Crippen LogP contribution in [-0.2, 0) is 19.2 Å². The number of amides is 3. The van der Waals surface area contributed by atoms with Crippen molar-refractivity contribution in [3.05, 3.63) is 25.3 Å². The molecule has 8 nitrogen and oxygen atoms in total. The first-order valence-corrected chi connectivity index (χ1v) is 15.9. The molecule has 0 aromatic carbocycles. The molecule has 2 aliphatic carbocycles. The maximum Gasteiger partial charge on any atom is 0.315 e. The molecule has 3 rings (SSSR count). The standard InChI is InChI=1S/C34H53N3O5/c1-8-10-13-19-25(38)30(40)23(16-11-9-2)20-26(39)29-27-24(34(27,6)7)21-37(29)31(41)28(22-17-14-12-15-18-22)35-32(42)36-33(3,4)5/h8-9,22-24,27-29H,1-2,10-21H2,3-7H3,(H2,35,36,42)/t23?,24-,27-,28-,29+/m0/s1. The second kappa shape index (κ2) is 14.1. The van der Waals surface area contributed by atoms with E-state index in [0.717, 1.165) is 32.1 Å². The van der Waals surface area contributed by atoms with Crippen molar-refractivity contribution in [1.29, 1.82) is 0 Å². The second-order valence-electron chi connectivity index (χ2n) is 14.3. The molecule has 1 aliphatic heterocycles. The number of unbranched alkanes of at least 4 members (excludes halogenated alkanes) is 1. The van der Waals surface area contributed by atoms with E-state index < -0.39 is 35.1 Å². The van der Waals surface area contributed by atoms with Gasteiger partial charge in [-0.2, -0.15) is 0 Å². The molecular weight excluding hydrogens is 530 g/mol. The van der Waals surface area contributed by atoms with Crippen LogP contribution < -0.4 is 10.6 Å². The molecule has 2 N–H and O–H groups in total. The van der Waals surface area contributed by atoms with Gasteiger partial charge in [-0.25, -0.2) is 4.79 Å². The van der Waals surface area contributed by atoms with Gasteiger partial charge in [-0.05, 0) is 82.5 Å². The Labute approximate surface area is 252 Å². The summed E-state index contributed by atoms with van der Waals surface area (Å²) in [7, 11) is 0. The maximum atomic E-state index is 14.3. The highest BCUT2D eigenvalue weighted by Crippen LogP contribution is 2.65. The molecular formula is C34H53N3O5. The summed E-state index contributed by atoms with van der Waals surface area (Å²) in [6, 6.07) is -1.76. The molecule has 3 fully saturated rings. The van der Waals surface area contributed by atoms with E-state index in [2.05, 4.69) is 37.6 Å². The Morgan fingerprint density at radius 2 is 1.64 bits per heavy atom. The first-order valence-electron chi connectivity index (χ1n) is 15.9. The summed E-state index contributed by atoms with van der Waals surface area (Å²) in [6.45, 7) is 17.8. The molecule has 0 radical (unpaired) electrons. The number of hydrogen-bond acceptors (Lipinski definition) is 5. The van der Waals surface area contributed by atoms with Gasteiger partial charge >= 0.3 is 6.03 Å². The van der Waals surface area contributed by atoms with Crippen LogP contribution in [0.3, 0.4) is 0 Å². The van der Waals surface area contributed by atoms with Gasteiger partial charge in [-0.1, -0.05) is 45.3 Å². The third-order valence-electron chi connectivity index (χ3n) is 9.61. The smallest absolute Gasteiger partial charge is 0.315 e. The molecule has 42 heavy (non-hydrogen) atoms. The van der Waals surface area contributed by atoms with Crippen LogP contribution in [0.4, 0.5) is 4.79 Å². The molecule has 3 aliphatic rings. The fraction of sp³-hybridized carbons (Fsp3) is 0.735. The van der Waals surface area contributed by atoms with Gasteiger partial charge in [0.15, 0.2) is 11.6 Å². The van der Waals surface area contributed by atoms with Crippen LogP contribution in [0.1, 0.15) is 105 Å². The van der Waals surface area contributed by atoms with Crippen molar-refractivity contribution in [3.8, 4) is 0 Å².